The summed E-state index contributed by atoms with van der Waals surface area (Å²) in [4.78, 5) is 0. The number of anilines is 1. The summed E-state index contributed by atoms with van der Waals surface area (Å²) >= 11 is 9.33. The number of hydrogen-bond acceptors (Lipinski definition) is 1. The van der Waals surface area contributed by atoms with Gasteiger partial charge >= 0.3 is 0 Å². The SMILES string of the molecule is CCC(Nc1c(Cl)cc(F)cc1Br)c1cccc(F)c1. The van der Waals surface area contributed by atoms with Crippen molar-refractivity contribution in [2.75, 3.05) is 5.32 Å². The Bertz CT molecular complexity index is 596. The van der Waals surface area contributed by atoms with Crippen LogP contribution in [0, 0.1) is 11.6 Å². The molecule has 0 bridgehead atoms. The highest BCUT2D eigenvalue weighted by atomic mass is 79.9. The van der Waals surface area contributed by atoms with Gasteiger partial charge in [-0.15, -0.1) is 0 Å². The Morgan fingerprint density at radius 3 is 2.55 bits per heavy atom. The van der Waals surface area contributed by atoms with Crippen LogP contribution in [0.3, 0.4) is 0 Å². The standard InChI is InChI=1S/C15H13BrClF2N/c1-2-14(9-4-3-5-10(18)6-9)20-15-12(16)7-11(19)8-13(15)17/h3-8,14,20H,2H2,1H3. The molecule has 2 rings (SSSR count). The summed E-state index contributed by atoms with van der Waals surface area (Å²) in [5.74, 6) is -0.696. The van der Waals surface area contributed by atoms with Crippen molar-refractivity contribution in [3.8, 4) is 0 Å². The highest BCUT2D eigenvalue weighted by Gasteiger charge is 2.14. The Morgan fingerprint density at radius 1 is 1.20 bits per heavy atom. The quantitative estimate of drug-likeness (QED) is 0.711. The van der Waals surface area contributed by atoms with Crippen molar-refractivity contribution in [3.63, 3.8) is 0 Å². The summed E-state index contributed by atoms with van der Waals surface area (Å²) in [6, 6.07) is 8.86. The molecule has 1 unspecified atom stereocenters. The van der Waals surface area contributed by atoms with Crippen molar-refractivity contribution in [1.82, 2.24) is 0 Å². The maximum absolute atomic E-state index is 13.3. The molecule has 0 aliphatic carbocycles. The summed E-state index contributed by atoms with van der Waals surface area (Å²) in [6.07, 6.45) is 0.740. The molecule has 1 N–H and O–H groups in total. The van der Waals surface area contributed by atoms with E-state index in [0.29, 0.717) is 10.2 Å². The number of rotatable bonds is 4. The molecule has 0 aliphatic heterocycles. The molecular weight excluding hydrogens is 348 g/mol. The second-order valence-corrected chi connectivity index (χ2v) is 5.67. The fourth-order valence-corrected chi connectivity index (χ4v) is 2.92. The molecule has 106 valence electrons. The average Bonchev–Trinajstić information content (AvgIpc) is 2.38. The van der Waals surface area contributed by atoms with E-state index in [1.165, 1.54) is 24.3 Å². The van der Waals surface area contributed by atoms with Crippen LogP contribution in [0.2, 0.25) is 5.02 Å². The van der Waals surface area contributed by atoms with Crippen LogP contribution >= 0.6 is 27.5 Å². The molecule has 0 saturated carbocycles. The van der Waals surface area contributed by atoms with E-state index in [9.17, 15) is 8.78 Å². The first-order valence-electron chi connectivity index (χ1n) is 6.17. The van der Waals surface area contributed by atoms with Crippen molar-refractivity contribution in [2.45, 2.75) is 19.4 Å². The van der Waals surface area contributed by atoms with Crippen molar-refractivity contribution in [2.24, 2.45) is 0 Å². The predicted octanol–water partition coefficient (Wildman–Crippen LogP) is 5.94. The molecular formula is C15H13BrClF2N. The third-order valence-electron chi connectivity index (χ3n) is 2.98. The highest BCUT2D eigenvalue weighted by molar-refractivity contribution is 9.10. The fraction of sp³-hybridized carbons (Fsp3) is 0.200. The zero-order valence-electron chi connectivity index (χ0n) is 10.8. The molecule has 0 heterocycles. The van der Waals surface area contributed by atoms with Crippen LogP contribution in [0.15, 0.2) is 40.9 Å². The summed E-state index contributed by atoms with van der Waals surface area (Å²) in [6.45, 7) is 1.98. The van der Waals surface area contributed by atoms with Gasteiger partial charge in [0.15, 0.2) is 0 Å². The molecule has 2 aromatic carbocycles. The lowest BCUT2D eigenvalue weighted by molar-refractivity contribution is 0.620. The van der Waals surface area contributed by atoms with Crippen molar-refractivity contribution < 1.29 is 8.78 Å². The van der Waals surface area contributed by atoms with Crippen molar-refractivity contribution in [3.05, 3.63) is 63.1 Å². The second kappa shape index (κ2) is 6.55. The van der Waals surface area contributed by atoms with Gasteiger partial charge in [-0.2, -0.15) is 0 Å². The molecule has 2 aromatic rings. The number of nitrogens with one attached hydrogen (secondary N) is 1. The summed E-state index contributed by atoms with van der Waals surface area (Å²) < 4.78 is 27.1. The Morgan fingerprint density at radius 2 is 1.95 bits per heavy atom. The van der Waals surface area contributed by atoms with Crippen LogP contribution in [0.5, 0.6) is 0 Å². The van der Waals surface area contributed by atoms with Gasteiger partial charge < -0.3 is 5.32 Å². The van der Waals surface area contributed by atoms with Gasteiger partial charge in [0, 0.05) is 4.47 Å². The minimum atomic E-state index is -0.411. The molecule has 0 aliphatic rings. The minimum absolute atomic E-state index is 0.107. The van der Waals surface area contributed by atoms with Crippen molar-refractivity contribution in [1.29, 1.82) is 0 Å². The molecule has 0 fully saturated rings. The van der Waals surface area contributed by atoms with E-state index in [-0.39, 0.29) is 16.9 Å². The molecule has 0 aromatic heterocycles. The molecule has 0 radical (unpaired) electrons. The van der Waals surface area contributed by atoms with Crippen LogP contribution in [0.25, 0.3) is 0 Å². The topological polar surface area (TPSA) is 12.0 Å². The van der Waals surface area contributed by atoms with E-state index in [0.717, 1.165) is 12.0 Å². The normalized spacial score (nSPS) is 12.2. The third-order valence-corrected chi connectivity index (χ3v) is 3.91. The lowest BCUT2D eigenvalue weighted by Crippen LogP contribution is -2.11. The van der Waals surface area contributed by atoms with E-state index >= 15 is 0 Å². The monoisotopic (exact) mass is 359 g/mol. The molecule has 0 spiro atoms. The van der Waals surface area contributed by atoms with Crippen molar-refractivity contribution >= 4 is 33.2 Å². The Hall–Kier alpha value is -1.13. The molecule has 1 atom stereocenters. The summed E-state index contributed by atoms with van der Waals surface area (Å²) in [7, 11) is 0. The van der Waals surface area contributed by atoms with Crippen LogP contribution in [-0.4, -0.2) is 0 Å². The zero-order valence-corrected chi connectivity index (χ0v) is 13.1. The largest absolute Gasteiger partial charge is 0.376 e. The third kappa shape index (κ3) is 3.49. The number of benzene rings is 2. The fourth-order valence-electron chi connectivity index (χ4n) is 2.00. The van der Waals surface area contributed by atoms with Gasteiger partial charge in [0.25, 0.3) is 0 Å². The van der Waals surface area contributed by atoms with E-state index in [1.54, 1.807) is 6.07 Å². The van der Waals surface area contributed by atoms with Gasteiger partial charge in [0.2, 0.25) is 0 Å². The van der Waals surface area contributed by atoms with E-state index in [2.05, 4.69) is 21.2 Å². The number of halogens is 4. The first kappa shape index (κ1) is 15.3. The second-order valence-electron chi connectivity index (χ2n) is 4.40. The van der Waals surface area contributed by atoms with Crippen LogP contribution in [-0.2, 0) is 0 Å². The first-order chi connectivity index (χ1) is 9.51. The minimum Gasteiger partial charge on any atom is -0.376 e. The van der Waals surface area contributed by atoms with Crippen LogP contribution in [0.1, 0.15) is 24.9 Å². The lowest BCUT2D eigenvalue weighted by Gasteiger charge is -2.21. The Labute approximate surface area is 130 Å². The summed E-state index contributed by atoms with van der Waals surface area (Å²) in [5.41, 5.74) is 1.42. The van der Waals surface area contributed by atoms with E-state index in [4.69, 9.17) is 11.6 Å². The van der Waals surface area contributed by atoms with Gasteiger partial charge in [0.1, 0.15) is 11.6 Å². The smallest absolute Gasteiger partial charge is 0.125 e. The van der Waals surface area contributed by atoms with Gasteiger partial charge in [-0.1, -0.05) is 30.7 Å². The number of hydrogen-bond donors (Lipinski definition) is 1. The van der Waals surface area contributed by atoms with Crippen LogP contribution in [0.4, 0.5) is 14.5 Å². The first-order valence-corrected chi connectivity index (χ1v) is 7.35. The molecule has 0 amide bonds. The van der Waals surface area contributed by atoms with Crippen LogP contribution < -0.4 is 5.32 Å². The zero-order chi connectivity index (χ0) is 14.7. The molecule has 0 saturated heterocycles. The van der Waals surface area contributed by atoms with E-state index in [1.807, 2.05) is 13.0 Å². The van der Waals surface area contributed by atoms with Gasteiger partial charge in [-0.3, -0.25) is 0 Å². The highest BCUT2D eigenvalue weighted by Crippen LogP contribution is 2.35. The van der Waals surface area contributed by atoms with Gasteiger partial charge in [-0.05, 0) is 52.2 Å². The van der Waals surface area contributed by atoms with Gasteiger partial charge in [-0.25, -0.2) is 8.78 Å². The molecule has 1 nitrogen and oxygen atoms in total. The summed E-state index contributed by atoms with van der Waals surface area (Å²) in [5, 5.41) is 3.51. The molecule has 5 heteroatoms. The average molecular weight is 361 g/mol. The maximum Gasteiger partial charge on any atom is 0.125 e. The molecule has 20 heavy (non-hydrogen) atoms. The lowest BCUT2D eigenvalue weighted by atomic mass is 10.0. The Balaban J connectivity index is 2.32. The predicted molar refractivity (Wildman–Crippen MR) is 82.2 cm³/mol. The van der Waals surface area contributed by atoms with Gasteiger partial charge in [0.05, 0.1) is 16.8 Å². The maximum atomic E-state index is 13.3. The Kier molecular flexibility index (Phi) is 5.00. The van der Waals surface area contributed by atoms with E-state index < -0.39 is 5.82 Å².